The lowest BCUT2D eigenvalue weighted by Crippen LogP contribution is -1.95. The van der Waals surface area contributed by atoms with Crippen LogP contribution in [0.2, 0.25) is 0 Å². The van der Waals surface area contributed by atoms with Crippen LogP contribution in [0.25, 0.3) is 0 Å². The van der Waals surface area contributed by atoms with Crippen LogP contribution in [0.3, 0.4) is 0 Å². The molecule has 0 aliphatic rings. The Hall–Kier alpha value is -2.22. The van der Waals surface area contributed by atoms with Crippen LogP contribution in [0, 0.1) is 0 Å². The summed E-state index contributed by atoms with van der Waals surface area (Å²) in [4.78, 5) is 18.9. The number of ether oxygens (including phenoxy) is 2. The fourth-order valence-corrected chi connectivity index (χ4v) is 1.94. The Morgan fingerprint density at radius 2 is 1.89 bits per heavy atom. The van der Waals surface area contributed by atoms with Crippen LogP contribution < -0.4 is 9.47 Å². The summed E-state index contributed by atoms with van der Waals surface area (Å²) in [6.45, 7) is 0. The first-order valence-corrected chi connectivity index (χ1v) is 5.92. The molecule has 2 aromatic heterocycles. The normalized spacial score (nSPS) is 10.2. The molecule has 0 unspecified atom stereocenters. The predicted octanol–water partition coefficient (Wildman–Crippen LogP) is 1.94. The molecule has 2 rings (SSSR count). The molecule has 7 nitrogen and oxygen atoms in total. The number of nitrogens with zero attached hydrogens (tertiary/aromatic N) is 2. The van der Waals surface area contributed by atoms with Gasteiger partial charge in [0.05, 0.1) is 20.3 Å². The molecule has 0 radical (unpaired) electrons. The number of carboxylic acids is 1. The minimum Gasteiger partial charge on any atom is -0.481 e. The van der Waals surface area contributed by atoms with E-state index in [4.69, 9.17) is 19.0 Å². The zero-order chi connectivity index (χ0) is 13.8. The Morgan fingerprint density at radius 1 is 1.26 bits per heavy atom. The van der Waals surface area contributed by atoms with Gasteiger partial charge in [-0.25, -0.2) is 4.79 Å². The fourth-order valence-electron chi connectivity index (χ4n) is 1.22. The first-order chi connectivity index (χ1) is 9.12. The molecular formula is C11H10N2O5S. The van der Waals surface area contributed by atoms with Gasteiger partial charge in [0.15, 0.2) is 5.09 Å². The van der Waals surface area contributed by atoms with Crippen molar-refractivity contribution in [1.29, 1.82) is 0 Å². The largest absolute Gasteiger partial charge is 0.481 e. The number of furan rings is 1. The van der Waals surface area contributed by atoms with E-state index in [1.165, 1.54) is 32.4 Å². The molecule has 0 saturated carbocycles. The van der Waals surface area contributed by atoms with Crippen LogP contribution in [0.5, 0.6) is 11.8 Å². The van der Waals surface area contributed by atoms with Crippen molar-refractivity contribution in [3.05, 3.63) is 24.0 Å². The van der Waals surface area contributed by atoms with Crippen molar-refractivity contribution in [2.75, 3.05) is 14.2 Å². The molecule has 0 amide bonds. The topological polar surface area (TPSA) is 94.7 Å². The Balaban J connectivity index is 2.23. The van der Waals surface area contributed by atoms with Gasteiger partial charge in [0.2, 0.25) is 22.7 Å². The lowest BCUT2D eigenvalue weighted by atomic mass is 10.5. The smallest absolute Gasteiger partial charge is 0.371 e. The van der Waals surface area contributed by atoms with Gasteiger partial charge < -0.3 is 19.0 Å². The molecule has 0 aliphatic carbocycles. The van der Waals surface area contributed by atoms with Gasteiger partial charge in [-0.2, -0.15) is 9.97 Å². The summed E-state index contributed by atoms with van der Waals surface area (Å²) in [5, 5.41) is 9.46. The number of hydrogen-bond acceptors (Lipinski definition) is 7. The molecule has 0 atom stereocenters. The molecule has 100 valence electrons. The van der Waals surface area contributed by atoms with E-state index in [9.17, 15) is 4.79 Å². The van der Waals surface area contributed by atoms with Crippen molar-refractivity contribution in [3.8, 4) is 11.8 Å². The fraction of sp³-hybridized carbons (Fsp3) is 0.182. The quantitative estimate of drug-likeness (QED) is 0.831. The number of aromatic carboxylic acids is 1. The minimum atomic E-state index is -1.13. The van der Waals surface area contributed by atoms with Crippen molar-refractivity contribution >= 4 is 17.7 Å². The highest BCUT2D eigenvalue weighted by Gasteiger charge is 2.13. The van der Waals surface area contributed by atoms with E-state index in [1.807, 2.05) is 0 Å². The lowest BCUT2D eigenvalue weighted by Gasteiger charge is -2.04. The second-order valence-electron chi connectivity index (χ2n) is 3.26. The molecule has 1 N–H and O–H groups in total. The summed E-state index contributed by atoms with van der Waals surface area (Å²) in [5.74, 6) is -0.577. The third kappa shape index (κ3) is 3.16. The molecule has 19 heavy (non-hydrogen) atoms. The maximum Gasteiger partial charge on any atom is 0.371 e. The van der Waals surface area contributed by atoms with Crippen LogP contribution in [-0.2, 0) is 0 Å². The molecule has 0 aliphatic heterocycles. The molecule has 0 fully saturated rings. The van der Waals surface area contributed by atoms with Gasteiger partial charge in [0.1, 0.15) is 0 Å². The molecule has 0 aromatic carbocycles. The van der Waals surface area contributed by atoms with Crippen molar-refractivity contribution in [2.45, 2.75) is 10.2 Å². The zero-order valence-corrected chi connectivity index (χ0v) is 10.9. The van der Waals surface area contributed by atoms with Gasteiger partial charge in [-0.1, -0.05) is 0 Å². The first kappa shape index (κ1) is 13.2. The third-order valence-corrected chi connectivity index (χ3v) is 2.85. The van der Waals surface area contributed by atoms with Crippen LogP contribution >= 0.6 is 11.8 Å². The van der Waals surface area contributed by atoms with Gasteiger partial charge in [0, 0.05) is 0 Å². The predicted molar refractivity (Wildman–Crippen MR) is 64.9 cm³/mol. The Kier molecular flexibility index (Phi) is 3.91. The molecule has 0 bridgehead atoms. The number of hydrogen-bond donors (Lipinski definition) is 1. The third-order valence-electron chi connectivity index (χ3n) is 2.06. The number of aromatic nitrogens is 2. The van der Waals surface area contributed by atoms with Gasteiger partial charge >= 0.3 is 5.97 Å². The molecule has 8 heteroatoms. The summed E-state index contributed by atoms with van der Waals surface area (Å²) < 4.78 is 15.1. The van der Waals surface area contributed by atoms with Crippen LogP contribution in [0.1, 0.15) is 10.6 Å². The van der Waals surface area contributed by atoms with Crippen LogP contribution in [0.15, 0.2) is 32.9 Å². The Morgan fingerprint density at radius 3 is 2.37 bits per heavy atom. The van der Waals surface area contributed by atoms with Gasteiger partial charge in [-0.15, -0.1) is 0 Å². The molecular weight excluding hydrogens is 272 g/mol. The zero-order valence-electron chi connectivity index (χ0n) is 10.1. The molecule has 0 spiro atoms. The van der Waals surface area contributed by atoms with E-state index in [0.29, 0.717) is 22.0 Å². The van der Waals surface area contributed by atoms with Gasteiger partial charge in [-0.3, -0.25) is 0 Å². The second kappa shape index (κ2) is 5.61. The summed E-state index contributed by atoms with van der Waals surface area (Å²) in [6.07, 6.45) is 0. The molecule has 0 saturated heterocycles. The van der Waals surface area contributed by atoms with E-state index >= 15 is 0 Å². The number of methoxy groups -OCH3 is 2. The van der Waals surface area contributed by atoms with Crippen molar-refractivity contribution in [3.63, 3.8) is 0 Å². The van der Waals surface area contributed by atoms with E-state index < -0.39 is 5.97 Å². The van der Waals surface area contributed by atoms with Gasteiger partial charge in [-0.05, 0) is 23.9 Å². The average Bonchev–Trinajstić information content (AvgIpc) is 2.87. The minimum absolute atomic E-state index is 0.141. The lowest BCUT2D eigenvalue weighted by molar-refractivity contribution is 0.0656. The maximum absolute atomic E-state index is 10.7. The van der Waals surface area contributed by atoms with Gasteiger partial charge in [0.25, 0.3) is 0 Å². The monoisotopic (exact) mass is 282 g/mol. The summed E-state index contributed by atoms with van der Waals surface area (Å²) >= 11 is 1.07. The molecule has 2 heterocycles. The number of rotatable bonds is 5. The SMILES string of the molecule is COc1cc(OC)nc(Sc2ccc(C(=O)O)o2)n1. The average molecular weight is 282 g/mol. The highest BCUT2D eigenvalue weighted by atomic mass is 32.2. The van der Waals surface area contributed by atoms with Crippen molar-refractivity contribution in [2.24, 2.45) is 0 Å². The summed E-state index contributed by atoms with van der Waals surface area (Å²) in [7, 11) is 2.96. The number of carboxylic acid groups (broad SMARTS) is 1. The van der Waals surface area contributed by atoms with E-state index in [-0.39, 0.29) is 5.76 Å². The van der Waals surface area contributed by atoms with Crippen molar-refractivity contribution in [1.82, 2.24) is 9.97 Å². The summed E-state index contributed by atoms with van der Waals surface area (Å²) in [6, 6.07) is 4.43. The number of carbonyl (C=O) groups is 1. The van der Waals surface area contributed by atoms with E-state index in [0.717, 1.165) is 11.8 Å². The van der Waals surface area contributed by atoms with Crippen molar-refractivity contribution < 1.29 is 23.8 Å². The standard InChI is InChI=1S/C11H10N2O5S/c1-16-7-5-8(17-2)13-11(12-7)19-9-4-3-6(18-9)10(14)15/h3-5H,1-2H3,(H,14,15). The Bertz CT molecular complexity index is 576. The van der Waals surface area contributed by atoms with Crippen LogP contribution in [0.4, 0.5) is 0 Å². The second-order valence-corrected chi connectivity index (χ2v) is 4.23. The summed E-state index contributed by atoms with van der Waals surface area (Å²) in [5.41, 5.74) is 0. The van der Waals surface area contributed by atoms with E-state index in [1.54, 1.807) is 0 Å². The Labute approximate surface area is 112 Å². The van der Waals surface area contributed by atoms with Crippen LogP contribution in [-0.4, -0.2) is 35.3 Å². The highest BCUT2D eigenvalue weighted by molar-refractivity contribution is 7.99. The maximum atomic E-state index is 10.7. The first-order valence-electron chi connectivity index (χ1n) is 5.10. The molecule has 2 aromatic rings. The highest BCUT2D eigenvalue weighted by Crippen LogP contribution is 2.29. The van der Waals surface area contributed by atoms with E-state index in [2.05, 4.69) is 9.97 Å².